The van der Waals surface area contributed by atoms with Crippen molar-refractivity contribution in [2.75, 3.05) is 40.3 Å². The molecule has 3 atom stereocenters. The van der Waals surface area contributed by atoms with E-state index in [4.69, 9.17) is 4.74 Å². The Hall–Kier alpha value is -1.57. The summed E-state index contributed by atoms with van der Waals surface area (Å²) in [7, 11) is 3.87. The average Bonchev–Trinajstić information content (AvgIpc) is 2.90. The van der Waals surface area contributed by atoms with Gasteiger partial charge < -0.3 is 15.0 Å². The Kier molecular flexibility index (Phi) is 5.12. The number of likely N-dealkylation sites (N-methyl/N-ethyl adjacent to an activating group) is 2. The smallest absolute Gasteiger partial charge is 0.250 e. The highest BCUT2D eigenvalue weighted by molar-refractivity contribution is 5.81. The fraction of sp³-hybridized carbons (Fsp3) is 0.588. The highest BCUT2D eigenvalue weighted by Crippen LogP contribution is 2.31. The monoisotopic (exact) mass is 339 g/mol. The highest BCUT2D eigenvalue weighted by atomic mass is 19.2. The van der Waals surface area contributed by atoms with E-state index in [2.05, 4.69) is 10.2 Å². The van der Waals surface area contributed by atoms with Crippen LogP contribution in [0.3, 0.4) is 0 Å². The van der Waals surface area contributed by atoms with Crippen molar-refractivity contribution in [1.82, 2.24) is 15.1 Å². The molecule has 0 aliphatic carbocycles. The summed E-state index contributed by atoms with van der Waals surface area (Å²) in [4.78, 5) is 16.6. The predicted molar refractivity (Wildman–Crippen MR) is 85.5 cm³/mol. The number of amides is 1. The Bertz CT molecular complexity index is 613. The number of carbonyl (C=O) groups is 1. The topological polar surface area (TPSA) is 44.8 Å². The molecule has 2 fully saturated rings. The third kappa shape index (κ3) is 3.58. The molecule has 1 amide bonds. The molecule has 1 N–H and O–H groups in total. The van der Waals surface area contributed by atoms with Crippen LogP contribution in [0.15, 0.2) is 18.2 Å². The van der Waals surface area contributed by atoms with Gasteiger partial charge in [-0.25, -0.2) is 8.78 Å². The van der Waals surface area contributed by atoms with E-state index in [1.165, 1.54) is 6.07 Å². The van der Waals surface area contributed by atoms with Gasteiger partial charge in [0.2, 0.25) is 0 Å². The molecule has 2 aliphatic rings. The number of nitrogens with zero attached hydrogens (tertiary/aromatic N) is 2. The number of ether oxygens (including phenoxy) is 1. The van der Waals surface area contributed by atoms with Gasteiger partial charge in [0.15, 0.2) is 11.6 Å². The van der Waals surface area contributed by atoms with Gasteiger partial charge in [-0.3, -0.25) is 9.69 Å². The minimum atomic E-state index is -0.866. The lowest BCUT2D eigenvalue weighted by atomic mass is 9.99. The van der Waals surface area contributed by atoms with Gasteiger partial charge in [0.25, 0.3) is 5.91 Å². The van der Waals surface area contributed by atoms with Crippen LogP contribution in [0.2, 0.25) is 0 Å². The van der Waals surface area contributed by atoms with Crippen molar-refractivity contribution >= 4 is 5.91 Å². The van der Waals surface area contributed by atoms with Gasteiger partial charge in [-0.15, -0.1) is 0 Å². The van der Waals surface area contributed by atoms with Gasteiger partial charge in [-0.05, 0) is 38.2 Å². The molecule has 24 heavy (non-hydrogen) atoms. The highest BCUT2D eigenvalue weighted by Gasteiger charge is 2.36. The molecule has 0 saturated carbocycles. The number of hydrogen-bond acceptors (Lipinski definition) is 4. The van der Waals surface area contributed by atoms with Crippen LogP contribution in [-0.2, 0) is 9.53 Å². The van der Waals surface area contributed by atoms with Crippen molar-refractivity contribution in [2.45, 2.75) is 24.6 Å². The Morgan fingerprint density at radius 1 is 1.25 bits per heavy atom. The van der Waals surface area contributed by atoms with Gasteiger partial charge in [0, 0.05) is 25.7 Å². The molecule has 3 rings (SSSR count). The van der Waals surface area contributed by atoms with Crippen molar-refractivity contribution in [3.63, 3.8) is 0 Å². The SMILES string of the molecule is CN1CCO[C@H](C(=O)N[C@H]2CCN(C)[C@@H]2c2ccc(F)c(F)c2)C1. The first kappa shape index (κ1) is 17.3. The van der Waals surface area contributed by atoms with E-state index in [0.29, 0.717) is 18.7 Å². The number of rotatable bonds is 3. The first-order valence-electron chi connectivity index (χ1n) is 8.21. The number of carbonyl (C=O) groups excluding carboxylic acids is 1. The minimum absolute atomic E-state index is 0.144. The van der Waals surface area contributed by atoms with Crippen molar-refractivity contribution in [3.05, 3.63) is 35.4 Å². The number of morpholine rings is 1. The first-order chi connectivity index (χ1) is 11.5. The lowest BCUT2D eigenvalue weighted by Gasteiger charge is -2.31. The summed E-state index contributed by atoms with van der Waals surface area (Å²) in [5.74, 6) is -1.87. The summed E-state index contributed by atoms with van der Waals surface area (Å²) in [5.41, 5.74) is 0.667. The lowest BCUT2D eigenvalue weighted by molar-refractivity contribution is -0.138. The second-order valence-corrected chi connectivity index (χ2v) is 6.62. The van der Waals surface area contributed by atoms with Crippen LogP contribution < -0.4 is 5.32 Å². The van der Waals surface area contributed by atoms with E-state index in [9.17, 15) is 13.6 Å². The molecule has 0 radical (unpaired) electrons. The van der Waals surface area contributed by atoms with Crippen LogP contribution >= 0.6 is 0 Å². The molecule has 2 heterocycles. The van der Waals surface area contributed by atoms with Crippen molar-refractivity contribution in [1.29, 1.82) is 0 Å². The third-order valence-corrected chi connectivity index (χ3v) is 4.82. The molecule has 2 aliphatic heterocycles. The maximum atomic E-state index is 13.6. The Morgan fingerprint density at radius 2 is 2.04 bits per heavy atom. The first-order valence-corrected chi connectivity index (χ1v) is 8.21. The lowest BCUT2D eigenvalue weighted by Crippen LogP contribution is -2.51. The standard InChI is InChI=1S/C17H23F2N3O2/c1-21-7-8-24-15(10-21)17(23)20-14-5-6-22(2)16(14)11-3-4-12(18)13(19)9-11/h3-4,9,14-16H,5-8,10H2,1-2H3,(H,20,23)/t14-,15-,16+/m0/s1. The van der Waals surface area contributed by atoms with Gasteiger partial charge >= 0.3 is 0 Å². The molecule has 0 aromatic heterocycles. The van der Waals surface area contributed by atoms with E-state index in [1.807, 2.05) is 19.0 Å². The number of halogens is 2. The maximum Gasteiger partial charge on any atom is 0.250 e. The Labute approximate surface area is 140 Å². The summed E-state index contributed by atoms with van der Waals surface area (Å²) in [6.45, 7) is 2.68. The summed E-state index contributed by atoms with van der Waals surface area (Å²) in [5, 5.41) is 3.03. The number of benzene rings is 1. The van der Waals surface area contributed by atoms with Crippen LogP contribution in [-0.4, -0.2) is 68.2 Å². The molecular formula is C17H23F2N3O2. The van der Waals surface area contributed by atoms with E-state index in [1.54, 1.807) is 6.07 Å². The van der Waals surface area contributed by atoms with Gasteiger partial charge in [-0.2, -0.15) is 0 Å². The zero-order chi connectivity index (χ0) is 17.3. The second-order valence-electron chi connectivity index (χ2n) is 6.62. The molecule has 5 nitrogen and oxygen atoms in total. The number of nitrogens with one attached hydrogen (secondary N) is 1. The third-order valence-electron chi connectivity index (χ3n) is 4.82. The van der Waals surface area contributed by atoms with Crippen molar-refractivity contribution < 1.29 is 18.3 Å². The molecule has 1 aromatic rings. The van der Waals surface area contributed by atoms with Crippen LogP contribution in [0, 0.1) is 11.6 Å². The molecule has 7 heteroatoms. The number of hydrogen-bond donors (Lipinski definition) is 1. The molecular weight excluding hydrogens is 316 g/mol. The fourth-order valence-electron chi connectivity index (χ4n) is 3.49. The van der Waals surface area contributed by atoms with Crippen molar-refractivity contribution in [3.8, 4) is 0 Å². The average molecular weight is 339 g/mol. The van der Waals surface area contributed by atoms with Gasteiger partial charge in [0.1, 0.15) is 6.10 Å². The zero-order valence-electron chi connectivity index (χ0n) is 14.0. The van der Waals surface area contributed by atoms with Crippen LogP contribution in [0.4, 0.5) is 8.78 Å². The minimum Gasteiger partial charge on any atom is -0.366 e. The van der Waals surface area contributed by atoms with Gasteiger partial charge in [-0.1, -0.05) is 6.07 Å². The van der Waals surface area contributed by atoms with E-state index >= 15 is 0 Å². The van der Waals surface area contributed by atoms with E-state index < -0.39 is 17.7 Å². The maximum absolute atomic E-state index is 13.6. The van der Waals surface area contributed by atoms with Crippen LogP contribution in [0.5, 0.6) is 0 Å². The van der Waals surface area contributed by atoms with Gasteiger partial charge in [0.05, 0.1) is 12.6 Å². The predicted octanol–water partition coefficient (Wildman–Crippen LogP) is 1.16. The summed E-state index contributed by atoms with van der Waals surface area (Å²) >= 11 is 0. The number of likely N-dealkylation sites (tertiary alicyclic amines) is 1. The summed E-state index contributed by atoms with van der Waals surface area (Å²) < 4.78 is 32.3. The normalized spacial score (nSPS) is 28.9. The molecule has 0 unspecified atom stereocenters. The quantitative estimate of drug-likeness (QED) is 0.898. The second kappa shape index (κ2) is 7.13. The molecule has 2 saturated heterocycles. The van der Waals surface area contributed by atoms with E-state index in [-0.39, 0.29) is 18.0 Å². The van der Waals surface area contributed by atoms with Crippen LogP contribution in [0.1, 0.15) is 18.0 Å². The molecule has 0 spiro atoms. The molecule has 0 bridgehead atoms. The molecule has 1 aromatic carbocycles. The Balaban J connectivity index is 1.72. The van der Waals surface area contributed by atoms with Crippen LogP contribution in [0.25, 0.3) is 0 Å². The zero-order valence-corrected chi connectivity index (χ0v) is 14.0. The largest absolute Gasteiger partial charge is 0.366 e. The summed E-state index contributed by atoms with van der Waals surface area (Å²) in [6.07, 6.45) is 0.273. The van der Waals surface area contributed by atoms with E-state index in [0.717, 1.165) is 25.6 Å². The van der Waals surface area contributed by atoms with Crippen molar-refractivity contribution in [2.24, 2.45) is 0 Å². The fourth-order valence-corrected chi connectivity index (χ4v) is 3.49. The molecule has 132 valence electrons. The summed E-state index contributed by atoms with van der Waals surface area (Å²) in [6, 6.07) is 3.60. The Morgan fingerprint density at radius 3 is 2.75 bits per heavy atom.